The van der Waals surface area contributed by atoms with Crippen molar-refractivity contribution in [2.75, 3.05) is 0 Å². The van der Waals surface area contributed by atoms with Gasteiger partial charge in [0, 0.05) is 12.1 Å². The van der Waals surface area contributed by atoms with Gasteiger partial charge in [-0.25, -0.2) is 0 Å². The minimum atomic E-state index is 0. The van der Waals surface area contributed by atoms with Crippen molar-refractivity contribution < 1.29 is 0 Å². The lowest BCUT2D eigenvalue weighted by Gasteiger charge is -2.01. The predicted octanol–water partition coefficient (Wildman–Crippen LogP) is 1.51. The molecule has 1 aliphatic carbocycles. The Morgan fingerprint density at radius 2 is 1.42 bits per heavy atom. The number of nitrogens with two attached hydrogens (primary N) is 2. The molecule has 1 aromatic rings. The van der Waals surface area contributed by atoms with Crippen molar-refractivity contribution in [2.24, 2.45) is 11.5 Å². The van der Waals surface area contributed by atoms with E-state index in [2.05, 4.69) is 12.1 Å². The Morgan fingerprint density at radius 3 is 1.83 bits per heavy atom. The van der Waals surface area contributed by atoms with Crippen LogP contribution in [0.5, 0.6) is 0 Å². The van der Waals surface area contributed by atoms with Crippen molar-refractivity contribution in [1.82, 2.24) is 0 Å². The molecule has 1 aromatic carbocycles. The van der Waals surface area contributed by atoms with Crippen LogP contribution in [0.15, 0.2) is 24.3 Å². The lowest BCUT2D eigenvalue weighted by Crippen LogP contribution is -2.08. The molecule has 3 heteroatoms. The highest BCUT2D eigenvalue weighted by atomic mass is 35.5. The summed E-state index contributed by atoms with van der Waals surface area (Å²) in [5.74, 6) is 0. The third kappa shape index (κ3) is 1.33. The highest BCUT2D eigenvalue weighted by molar-refractivity contribution is 5.85. The molecule has 0 spiro atoms. The van der Waals surface area contributed by atoms with Crippen LogP contribution in [0.25, 0.3) is 0 Å². The van der Waals surface area contributed by atoms with Gasteiger partial charge in [-0.05, 0) is 17.5 Å². The Balaban J connectivity index is 0.000000720. The van der Waals surface area contributed by atoms with E-state index >= 15 is 0 Å². The Kier molecular flexibility index (Phi) is 2.73. The summed E-state index contributed by atoms with van der Waals surface area (Å²) in [6, 6.07) is 8.45. The topological polar surface area (TPSA) is 52.0 Å². The minimum absolute atomic E-state index is 0. The number of benzene rings is 1. The molecule has 4 N–H and O–H groups in total. The second-order valence-corrected chi connectivity index (χ2v) is 3.08. The zero-order valence-electron chi connectivity index (χ0n) is 6.73. The van der Waals surface area contributed by atoms with Crippen LogP contribution in [0.1, 0.15) is 29.6 Å². The molecular weight excluding hydrogens is 172 g/mol. The Bertz CT molecular complexity index is 248. The fourth-order valence-corrected chi connectivity index (χ4v) is 1.71. The van der Waals surface area contributed by atoms with Gasteiger partial charge in [-0.15, -0.1) is 12.4 Å². The highest BCUT2D eigenvalue weighted by Gasteiger charge is 2.24. The van der Waals surface area contributed by atoms with E-state index < -0.39 is 0 Å². The lowest BCUT2D eigenvalue weighted by molar-refractivity contribution is 0.621. The van der Waals surface area contributed by atoms with Crippen molar-refractivity contribution in [3.63, 3.8) is 0 Å². The van der Waals surface area contributed by atoms with Crippen LogP contribution >= 0.6 is 12.4 Å². The molecule has 0 amide bonds. The quantitative estimate of drug-likeness (QED) is 0.642. The standard InChI is InChI=1S/C9H12N2.ClH/c10-8-5-9(11)7-4-2-1-3-6(7)8;/h1-4,8-9H,5,10-11H2;1H/t8-,9-;/m1./s1. The van der Waals surface area contributed by atoms with Gasteiger partial charge in [-0.3, -0.25) is 0 Å². The molecule has 0 radical (unpaired) electrons. The molecule has 0 saturated carbocycles. The summed E-state index contributed by atoms with van der Waals surface area (Å²) in [5, 5.41) is 0. The number of rotatable bonds is 0. The van der Waals surface area contributed by atoms with E-state index in [-0.39, 0.29) is 24.5 Å². The van der Waals surface area contributed by atoms with Gasteiger partial charge in [0.1, 0.15) is 0 Å². The van der Waals surface area contributed by atoms with Gasteiger partial charge in [0.2, 0.25) is 0 Å². The summed E-state index contributed by atoms with van der Waals surface area (Å²) < 4.78 is 0. The summed E-state index contributed by atoms with van der Waals surface area (Å²) in [6.07, 6.45) is 0.888. The van der Waals surface area contributed by atoms with Crippen LogP contribution in [-0.2, 0) is 0 Å². The largest absolute Gasteiger partial charge is 0.324 e. The number of hydrogen-bond donors (Lipinski definition) is 2. The average molecular weight is 185 g/mol. The maximum absolute atomic E-state index is 5.86. The summed E-state index contributed by atoms with van der Waals surface area (Å²) in [5.41, 5.74) is 14.2. The predicted molar refractivity (Wildman–Crippen MR) is 52.2 cm³/mol. The smallest absolute Gasteiger partial charge is 0.0316 e. The monoisotopic (exact) mass is 184 g/mol. The molecule has 0 bridgehead atoms. The zero-order chi connectivity index (χ0) is 7.84. The Labute approximate surface area is 78.4 Å². The first-order valence-corrected chi connectivity index (χ1v) is 3.89. The van der Waals surface area contributed by atoms with Gasteiger partial charge in [-0.1, -0.05) is 24.3 Å². The molecule has 2 atom stereocenters. The first-order valence-electron chi connectivity index (χ1n) is 3.89. The van der Waals surface area contributed by atoms with Crippen LogP contribution in [0.3, 0.4) is 0 Å². The molecule has 0 fully saturated rings. The van der Waals surface area contributed by atoms with E-state index in [0.717, 1.165) is 6.42 Å². The second kappa shape index (κ2) is 3.44. The Hall–Kier alpha value is -0.570. The maximum atomic E-state index is 5.86. The minimum Gasteiger partial charge on any atom is -0.324 e. The van der Waals surface area contributed by atoms with Crippen LogP contribution in [0.4, 0.5) is 0 Å². The molecule has 0 aromatic heterocycles. The Morgan fingerprint density at radius 1 is 1.00 bits per heavy atom. The van der Waals surface area contributed by atoms with Gasteiger partial charge in [-0.2, -0.15) is 0 Å². The molecular formula is C9H13ClN2. The van der Waals surface area contributed by atoms with E-state index in [1.807, 2.05) is 12.1 Å². The van der Waals surface area contributed by atoms with E-state index in [1.165, 1.54) is 11.1 Å². The van der Waals surface area contributed by atoms with Gasteiger partial charge < -0.3 is 11.5 Å². The molecule has 66 valence electrons. The maximum Gasteiger partial charge on any atom is 0.0316 e. The van der Waals surface area contributed by atoms with Gasteiger partial charge in [0.15, 0.2) is 0 Å². The average Bonchev–Trinajstić information content (AvgIpc) is 2.30. The third-order valence-electron chi connectivity index (χ3n) is 2.30. The van der Waals surface area contributed by atoms with Crippen LogP contribution in [0.2, 0.25) is 0 Å². The van der Waals surface area contributed by atoms with Crippen molar-refractivity contribution in [1.29, 1.82) is 0 Å². The second-order valence-electron chi connectivity index (χ2n) is 3.08. The van der Waals surface area contributed by atoms with E-state index in [1.54, 1.807) is 0 Å². The summed E-state index contributed by atoms with van der Waals surface area (Å²) in [6.45, 7) is 0. The first-order chi connectivity index (χ1) is 5.29. The zero-order valence-corrected chi connectivity index (χ0v) is 7.55. The van der Waals surface area contributed by atoms with E-state index in [0.29, 0.717) is 0 Å². The third-order valence-corrected chi connectivity index (χ3v) is 2.30. The fraction of sp³-hybridized carbons (Fsp3) is 0.333. The molecule has 0 unspecified atom stereocenters. The molecule has 2 nitrogen and oxygen atoms in total. The molecule has 0 aliphatic heterocycles. The fourth-order valence-electron chi connectivity index (χ4n) is 1.71. The highest BCUT2D eigenvalue weighted by Crippen LogP contribution is 2.34. The molecule has 0 heterocycles. The van der Waals surface area contributed by atoms with Crippen molar-refractivity contribution >= 4 is 12.4 Å². The number of halogens is 1. The SMILES string of the molecule is Cl.N[C@@H]1C[C@@H](N)c2ccccc21. The van der Waals surface area contributed by atoms with Crippen molar-refractivity contribution in [3.05, 3.63) is 35.4 Å². The number of fused-ring (bicyclic) bond motifs is 1. The van der Waals surface area contributed by atoms with E-state index in [4.69, 9.17) is 11.5 Å². The lowest BCUT2D eigenvalue weighted by atomic mass is 10.1. The van der Waals surface area contributed by atoms with Crippen molar-refractivity contribution in [2.45, 2.75) is 18.5 Å². The van der Waals surface area contributed by atoms with Crippen LogP contribution in [-0.4, -0.2) is 0 Å². The van der Waals surface area contributed by atoms with Gasteiger partial charge in [0.05, 0.1) is 0 Å². The molecule has 2 rings (SSSR count). The summed E-state index contributed by atoms with van der Waals surface area (Å²) >= 11 is 0. The molecule has 1 aliphatic rings. The molecule has 12 heavy (non-hydrogen) atoms. The van der Waals surface area contributed by atoms with E-state index in [9.17, 15) is 0 Å². The summed E-state index contributed by atoms with van der Waals surface area (Å²) in [7, 11) is 0. The van der Waals surface area contributed by atoms with Crippen molar-refractivity contribution in [3.8, 4) is 0 Å². The molecule has 0 saturated heterocycles. The normalized spacial score (nSPS) is 26.2. The van der Waals surface area contributed by atoms with Crippen LogP contribution < -0.4 is 11.5 Å². The first kappa shape index (κ1) is 9.52. The number of hydrogen-bond acceptors (Lipinski definition) is 2. The van der Waals surface area contributed by atoms with Crippen LogP contribution in [0, 0.1) is 0 Å². The van der Waals surface area contributed by atoms with Gasteiger partial charge in [0.25, 0.3) is 0 Å². The summed E-state index contributed by atoms with van der Waals surface area (Å²) in [4.78, 5) is 0. The van der Waals surface area contributed by atoms with Gasteiger partial charge >= 0.3 is 0 Å².